The molecule has 0 saturated carbocycles. The van der Waals surface area contributed by atoms with Crippen molar-refractivity contribution in [3.63, 3.8) is 0 Å². The summed E-state index contributed by atoms with van der Waals surface area (Å²) >= 11 is 0. The van der Waals surface area contributed by atoms with E-state index in [9.17, 15) is 13.0 Å². The minimum absolute atomic E-state index is 0.163. The van der Waals surface area contributed by atoms with E-state index in [1.165, 1.54) is 23.3 Å². The second kappa shape index (κ2) is 10.7. The van der Waals surface area contributed by atoms with E-state index in [0.29, 0.717) is 29.9 Å². The average molecular weight is 585 g/mol. The summed E-state index contributed by atoms with van der Waals surface area (Å²) in [7, 11) is -4.37. The average Bonchev–Trinajstić information content (AvgIpc) is 3.55. The van der Waals surface area contributed by atoms with Gasteiger partial charge in [-0.3, -0.25) is 4.55 Å². The number of nitrogens with zero attached hydrogens (tertiary/aromatic N) is 4. The van der Waals surface area contributed by atoms with Crippen LogP contribution in [-0.2, 0) is 23.2 Å². The largest absolute Gasteiger partial charge is 0.319 e. The number of rotatable bonds is 7. The molecule has 7 rings (SSSR count). The van der Waals surface area contributed by atoms with Crippen LogP contribution in [-0.4, -0.2) is 32.1 Å². The van der Waals surface area contributed by atoms with Crippen LogP contribution >= 0.6 is 0 Å². The summed E-state index contributed by atoms with van der Waals surface area (Å²) in [4.78, 5) is 9.75. The van der Waals surface area contributed by atoms with E-state index in [4.69, 9.17) is 9.97 Å². The Labute approximate surface area is 249 Å². The first-order valence-corrected chi connectivity index (χ1v) is 15.4. The van der Waals surface area contributed by atoms with Gasteiger partial charge in [0.15, 0.2) is 0 Å². The van der Waals surface area contributed by atoms with Crippen molar-refractivity contribution < 1.29 is 13.0 Å². The molecule has 0 bridgehead atoms. The summed E-state index contributed by atoms with van der Waals surface area (Å²) in [6.45, 7) is 3.27. The molecule has 0 atom stereocenters. The van der Waals surface area contributed by atoms with Crippen LogP contribution in [0.5, 0.6) is 0 Å². The third-order valence-corrected chi connectivity index (χ3v) is 8.54. The molecule has 2 aromatic heterocycles. The number of benzene rings is 5. The normalized spacial score (nSPS) is 11.9. The Morgan fingerprint density at radius 1 is 0.605 bits per heavy atom. The van der Waals surface area contributed by atoms with Crippen molar-refractivity contribution in [2.24, 2.45) is 0 Å². The van der Waals surface area contributed by atoms with Gasteiger partial charge in [-0.2, -0.15) is 8.42 Å². The summed E-state index contributed by atoms with van der Waals surface area (Å²) in [5.74, 6) is 1.58. The summed E-state index contributed by atoms with van der Waals surface area (Å²) in [6.07, 6.45) is 0. The monoisotopic (exact) mass is 584 g/mol. The quantitative estimate of drug-likeness (QED) is 0.198. The van der Waals surface area contributed by atoms with Crippen LogP contribution in [0.1, 0.15) is 16.7 Å². The molecule has 43 heavy (non-hydrogen) atoms. The fraction of sp³-hybridized carbons (Fsp3) is 0.0857. The van der Waals surface area contributed by atoms with Crippen molar-refractivity contribution in [1.29, 1.82) is 0 Å². The van der Waals surface area contributed by atoms with Crippen LogP contribution in [0.15, 0.2) is 126 Å². The van der Waals surface area contributed by atoms with E-state index < -0.39 is 10.1 Å². The zero-order chi connectivity index (χ0) is 29.6. The second-order valence-electron chi connectivity index (χ2n) is 10.7. The molecule has 0 spiro atoms. The molecule has 0 saturated heterocycles. The van der Waals surface area contributed by atoms with Crippen molar-refractivity contribution in [1.82, 2.24) is 19.1 Å². The molecule has 212 valence electrons. The van der Waals surface area contributed by atoms with Gasteiger partial charge >= 0.3 is 0 Å². The van der Waals surface area contributed by atoms with E-state index in [0.717, 1.165) is 33.5 Å². The predicted molar refractivity (Wildman–Crippen MR) is 170 cm³/mol. The Kier molecular flexibility index (Phi) is 6.65. The van der Waals surface area contributed by atoms with E-state index in [1.807, 2.05) is 53.1 Å². The highest BCUT2D eigenvalue weighted by Gasteiger charge is 2.19. The Morgan fingerprint density at radius 2 is 1.07 bits per heavy atom. The van der Waals surface area contributed by atoms with Crippen molar-refractivity contribution >= 4 is 32.2 Å². The topological polar surface area (TPSA) is 90.0 Å². The lowest BCUT2D eigenvalue weighted by Gasteiger charge is -2.12. The van der Waals surface area contributed by atoms with E-state index >= 15 is 0 Å². The van der Waals surface area contributed by atoms with Crippen molar-refractivity contribution in [2.45, 2.75) is 24.9 Å². The highest BCUT2D eigenvalue weighted by Crippen LogP contribution is 2.31. The molecule has 0 amide bonds. The minimum atomic E-state index is -4.37. The second-order valence-corrected chi connectivity index (χ2v) is 12.1. The molecular formula is C35H28N4O3S. The molecule has 2 heterocycles. The molecule has 1 N–H and O–H groups in total. The Balaban J connectivity index is 1.34. The first-order valence-electron chi connectivity index (χ1n) is 14.0. The molecule has 5 aromatic carbocycles. The number of imidazole rings is 2. The summed E-state index contributed by atoms with van der Waals surface area (Å²) in [5.41, 5.74) is 8.57. The lowest BCUT2D eigenvalue weighted by Crippen LogP contribution is -2.04. The number of aryl methyl sites for hydroxylation is 1. The maximum absolute atomic E-state index is 11.9. The van der Waals surface area contributed by atoms with E-state index in [2.05, 4.69) is 66.1 Å². The molecule has 0 fully saturated rings. The maximum atomic E-state index is 11.9. The molecule has 0 unspecified atom stereocenters. The molecular weight excluding hydrogens is 556 g/mol. The molecule has 0 radical (unpaired) electrons. The van der Waals surface area contributed by atoms with Gasteiger partial charge in [0.05, 0.1) is 27.0 Å². The SMILES string of the molecule is Cc1ccc2nc(-c3ccc(-c4nc5ccc(S(=O)(=O)O)cc5n4Cc4ccccc4)cc3)n(Cc3ccccc3)c2c1. The third-order valence-electron chi connectivity index (χ3n) is 7.69. The summed E-state index contributed by atoms with van der Waals surface area (Å²) in [6, 6.07) is 39.3. The van der Waals surface area contributed by atoms with Crippen LogP contribution in [0.25, 0.3) is 44.8 Å². The number of hydrogen-bond donors (Lipinski definition) is 1. The van der Waals surface area contributed by atoms with Crippen molar-refractivity contribution in [3.05, 3.63) is 138 Å². The van der Waals surface area contributed by atoms with Gasteiger partial charge in [-0.25, -0.2) is 9.97 Å². The third kappa shape index (κ3) is 5.22. The Hall–Kier alpha value is -5.05. The molecule has 0 aliphatic heterocycles. The molecule has 7 nitrogen and oxygen atoms in total. The fourth-order valence-corrected chi connectivity index (χ4v) is 6.06. The first kappa shape index (κ1) is 26.8. The van der Waals surface area contributed by atoms with Gasteiger partial charge in [-0.1, -0.05) is 91.0 Å². The summed E-state index contributed by atoms with van der Waals surface area (Å²) < 4.78 is 37.8. The van der Waals surface area contributed by atoms with Crippen molar-refractivity contribution in [3.8, 4) is 22.8 Å². The van der Waals surface area contributed by atoms with E-state index in [-0.39, 0.29) is 4.90 Å². The predicted octanol–water partition coefficient (Wildman–Crippen LogP) is 7.37. The van der Waals surface area contributed by atoms with Gasteiger partial charge in [-0.15, -0.1) is 0 Å². The van der Waals surface area contributed by atoms with Gasteiger partial charge in [0.2, 0.25) is 0 Å². The van der Waals surface area contributed by atoms with Crippen LogP contribution in [0.2, 0.25) is 0 Å². The molecule has 8 heteroatoms. The van der Waals surface area contributed by atoms with Gasteiger partial charge < -0.3 is 9.13 Å². The lowest BCUT2D eigenvalue weighted by molar-refractivity contribution is 0.483. The van der Waals surface area contributed by atoms with E-state index in [1.54, 1.807) is 6.07 Å². The summed E-state index contributed by atoms with van der Waals surface area (Å²) in [5, 5.41) is 0. The highest BCUT2D eigenvalue weighted by molar-refractivity contribution is 7.85. The first-order chi connectivity index (χ1) is 20.8. The Bertz CT molecular complexity index is 2200. The molecule has 0 aliphatic carbocycles. The van der Waals surface area contributed by atoms with Gasteiger partial charge in [-0.05, 0) is 53.9 Å². The molecule has 7 aromatic rings. The standard InChI is InChI=1S/C35H28N4O3S/c1-24-12-18-30-32(20-24)38(22-25-8-4-2-5-9-25)34(36-30)27-13-15-28(16-14-27)35-37-31-19-17-29(43(40,41)42)21-33(31)39(35)23-26-10-6-3-7-11-26/h2-21H,22-23H2,1H3,(H,40,41,42). The maximum Gasteiger partial charge on any atom is 0.294 e. The number of hydrogen-bond acceptors (Lipinski definition) is 4. The van der Waals surface area contributed by atoms with Crippen LogP contribution in [0.4, 0.5) is 0 Å². The lowest BCUT2D eigenvalue weighted by atomic mass is 10.1. The van der Waals surface area contributed by atoms with Crippen LogP contribution in [0, 0.1) is 6.92 Å². The highest BCUT2D eigenvalue weighted by atomic mass is 32.2. The molecule has 0 aliphatic rings. The van der Waals surface area contributed by atoms with Crippen molar-refractivity contribution in [2.75, 3.05) is 0 Å². The zero-order valence-corrected chi connectivity index (χ0v) is 24.2. The van der Waals surface area contributed by atoms with Gasteiger partial charge in [0.1, 0.15) is 11.6 Å². The number of aromatic nitrogens is 4. The zero-order valence-electron chi connectivity index (χ0n) is 23.4. The van der Waals surface area contributed by atoms with Gasteiger partial charge in [0.25, 0.3) is 10.1 Å². The van der Waals surface area contributed by atoms with Crippen LogP contribution < -0.4 is 0 Å². The fourth-order valence-electron chi connectivity index (χ4n) is 5.56. The number of fused-ring (bicyclic) bond motifs is 2. The minimum Gasteiger partial charge on any atom is -0.319 e. The smallest absolute Gasteiger partial charge is 0.294 e. The van der Waals surface area contributed by atoms with Gasteiger partial charge in [0, 0.05) is 24.2 Å². The van der Waals surface area contributed by atoms with Crippen LogP contribution in [0.3, 0.4) is 0 Å². The Morgan fingerprint density at radius 3 is 1.56 bits per heavy atom.